The Bertz CT molecular complexity index is 954. The van der Waals surface area contributed by atoms with Gasteiger partial charge in [0.05, 0.1) is 10.7 Å². The van der Waals surface area contributed by atoms with Crippen molar-refractivity contribution in [3.8, 4) is 16.9 Å². The summed E-state index contributed by atoms with van der Waals surface area (Å²) in [7, 11) is 0. The smallest absolute Gasteiger partial charge is 0.277 e. The average Bonchev–Trinajstić information content (AvgIpc) is 2.74. The maximum atomic E-state index is 11.9. The Kier molecular flexibility index (Phi) is 6.98. The first kappa shape index (κ1) is 19.8. The first-order chi connectivity index (χ1) is 13.7. The third-order valence-corrected chi connectivity index (χ3v) is 4.80. The number of ether oxygens (including phenoxy) is 1. The number of nitrogens with one attached hydrogen (secondary N) is 1. The Morgan fingerprint density at radius 2 is 1.75 bits per heavy atom. The molecule has 0 aromatic heterocycles. The number of benzene rings is 3. The fourth-order valence-corrected chi connectivity index (χ4v) is 3.17. The van der Waals surface area contributed by atoms with Crippen LogP contribution in [0.25, 0.3) is 11.1 Å². The number of hydrogen-bond acceptors (Lipinski definition) is 3. The molecule has 0 radical (unpaired) electrons. The SMILES string of the molecule is CCc1ccc(OCC(=O)N/N=C/c2ccc(-c3ccccc3)cc2)c(Br)c1. The lowest BCUT2D eigenvalue weighted by molar-refractivity contribution is -0.123. The third-order valence-electron chi connectivity index (χ3n) is 4.18. The molecule has 0 saturated heterocycles. The van der Waals surface area contributed by atoms with Gasteiger partial charge in [0, 0.05) is 0 Å². The summed E-state index contributed by atoms with van der Waals surface area (Å²) < 4.78 is 6.37. The van der Waals surface area contributed by atoms with Crippen molar-refractivity contribution in [2.24, 2.45) is 5.10 Å². The average molecular weight is 437 g/mol. The maximum absolute atomic E-state index is 11.9. The molecule has 0 saturated carbocycles. The normalized spacial score (nSPS) is 10.8. The van der Waals surface area contributed by atoms with Crippen LogP contribution in [0.5, 0.6) is 5.75 Å². The summed E-state index contributed by atoms with van der Waals surface area (Å²) in [6.45, 7) is 1.98. The van der Waals surface area contributed by atoms with Gasteiger partial charge in [-0.25, -0.2) is 5.43 Å². The minimum Gasteiger partial charge on any atom is -0.483 e. The lowest BCUT2D eigenvalue weighted by Crippen LogP contribution is -2.24. The Morgan fingerprint density at radius 1 is 1.04 bits per heavy atom. The molecule has 28 heavy (non-hydrogen) atoms. The summed E-state index contributed by atoms with van der Waals surface area (Å²) in [5.41, 5.74) is 6.88. The second-order valence-corrected chi connectivity index (χ2v) is 7.04. The topological polar surface area (TPSA) is 50.7 Å². The molecule has 0 atom stereocenters. The van der Waals surface area contributed by atoms with E-state index in [1.807, 2.05) is 60.7 Å². The lowest BCUT2D eigenvalue weighted by Gasteiger charge is -2.08. The molecule has 3 rings (SSSR count). The Balaban J connectivity index is 1.49. The van der Waals surface area contributed by atoms with Crippen LogP contribution in [0, 0.1) is 0 Å². The summed E-state index contributed by atoms with van der Waals surface area (Å²) in [5.74, 6) is 0.316. The Labute approximate surface area is 173 Å². The number of hydrazone groups is 1. The highest BCUT2D eigenvalue weighted by molar-refractivity contribution is 9.10. The fourth-order valence-electron chi connectivity index (χ4n) is 2.63. The van der Waals surface area contributed by atoms with Crippen LogP contribution in [0.1, 0.15) is 18.1 Å². The van der Waals surface area contributed by atoms with E-state index in [9.17, 15) is 4.79 Å². The van der Waals surface area contributed by atoms with E-state index < -0.39 is 0 Å². The summed E-state index contributed by atoms with van der Waals surface area (Å²) in [4.78, 5) is 11.9. The zero-order chi connectivity index (χ0) is 19.8. The molecule has 0 aliphatic heterocycles. The number of hydrogen-bond donors (Lipinski definition) is 1. The van der Waals surface area contributed by atoms with Crippen LogP contribution < -0.4 is 10.2 Å². The van der Waals surface area contributed by atoms with Crippen LogP contribution in [0.3, 0.4) is 0 Å². The van der Waals surface area contributed by atoms with Gasteiger partial charge in [-0.1, -0.05) is 67.6 Å². The van der Waals surface area contributed by atoms with Gasteiger partial charge in [0.15, 0.2) is 6.61 Å². The Morgan fingerprint density at radius 3 is 2.43 bits per heavy atom. The lowest BCUT2D eigenvalue weighted by atomic mass is 10.0. The second kappa shape index (κ2) is 9.85. The van der Waals surface area contributed by atoms with Crippen molar-refractivity contribution in [1.82, 2.24) is 5.43 Å². The van der Waals surface area contributed by atoms with Gasteiger partial charge >= 0.3 is 0 Å². The van der Waals surface area contributed by atoms with Gasteiger partial charge in [0.2, 0.25) is 0 Å². The summed E-state index contributed by atoms with van der Waals surface area (Å²) in [6, 6.07) is 24.0. The van der Waals surface area contributed by atoms with E-state index in [2.05, 4.69) is 45.5 Å². The number of carbonyl (C=O) groups excluding carboxylic acids is 1. The molecule has 4 nitrogen and oxygen atoms in total. The van der Waals surface area contributed by atoms with Crippen LogP contribution in [0.4, 0.5) is 0 Å². The van der Waals surface area contributed by atoms with E-state index in [1.54, 1.807) is 6.21 Å². The van der Waals surface area contributed by atoms with Gasteiger partial charge in [-0.3, -0.25) is 4.79 Å². The molecule has 142 valence electrons. The highest BCUT2D eigenvalue weighted by atomic mass is 79.9. The van der Waals surface area contributed by atoms with Crippen molar-refractivity contribution in [3.05, 3.63) is 88.4 Å². The van der Waals surface area contributed by atoms with Crippen LogP contribution in [0.15, 0.2) is 82.4 Å². The van der Waals surface area contributed by atoms with Gasteiger partial charge in [-0.15, -0.1) is 0 Å². The van der Waals surface area contributed by atoms with Crippen LogP contribution in [-0.2, 0) is 11.2 Å². The molecule has 5 heteroatoms. The minimum absolute atomic E-state index is 0.103. The van der Waals surface area contributed by atoms with Gasteiger partial charge in [-0.2, -0.15) is 5.10 Å². The predicted molar refractivity (Wildman–Crippen MR) is 117 cm³/mol. The monoisotopic (exact) mass is 436 g/mol. The van der Waals surface area contributed by atoms with E-state index in [4.69, 9.17) is 4.74 Å². The van der Waals surface area contributed by atoms with Crippen LogP contribution in [-0.4, -0.2) is 18.7 Å². The fraction of sp³-hybridized carbons (Fsp3) is 0.130. The highest BCUT2D eigenvalue weighted by Crippen LogP contribution is 2.26. The van der Waals surface area contributed by atoms with E-state index in [-0.39, 0.29) is 12.5 Å². The molecule has 1 amide bonds. The summed E-state index contributed by atoms with van der Waals surface area (Å²) in [6.07, 6.45) is 2.55. The van der Waals surface area contributed by atoms with Crippen molar-refractivity contribution < 1.29 is 9.53 Å². The van der Waals surface area contributed by atoms with Crippen molar-refractivity contribution in [2.45, 2.75) is 13.3 Å². The molecular formula is C23H21BrN2O2. The molecule has 0 unspecified atom stereocenters. The summed E-state index contributed by atoms with van der Waals surface area (Å²) >= 11 is 3.46. The zero-order valence-electron chi connectivity index (χ0n) is 15.6. The molecular weight excluding hydrogens is 416 g/mol. The second-order valence-electron chi connectivity index (χ2n) is 6.19. The molecule has 3 aromatic rings. The number of halogens is 1. The summed E-state index contributed by atoms with van der Waals surface area (Å²) in [5, 5.41) is 3.99. The predicted octanol–water partition coefficient (Wildman–Crippen LogP) is 5.21. The van der Waals surface area contributed by atoms with Crippen LogP contribution in [0.2, 0.25) is 0 Å². The molecule has 0 bridgehead atoms. The molecule has 3 aromatic carbocycles. The van der Waals surface area contributed by atoms with Gasteiger partial charge in [0.1, 0.15) is 5.75 Å². The molecule has 1 N–H and O–H groups in total. The first-order valence-corrected chi connectivity index (χ1v) is 9.83. The van der Waals surface area contributed by atoms with E-state index in [0.29, 0.717) is 5.75 Å². The van der Waals surface area contributed by atoms with Crippen LogP contribution >= 0.6 is 15.9 Å². The number of rotatable bonds is 7. The molecule has 0 spiro atoms. The van der Waals surface area contributed by atoms with Crippen molar-refractivity contribution in [1.29, 1.82) is 0 Å². The van der Waals surface area contributed by atoms with Gasteiger partial charge in [-0.05, 0) is 56.7 Å². The van der Waals surface area contributed by atoms with Crippen molar-refractivity contribution in [3.63, 3.8) is 0 Å². The van der Waals surface area contributed by atoms with E-state index in [0.717, 1.165) is 27.6 Å². The zero-order valence-corrected chi connectivity index (χ0v) is 17.1. The van der Waals surface area contributed by atoms with Gasteiger partial charge < -0.3 is 4.74 Å². The number of aryl methyl sites for hydroxylation is 1. The Hall–Kier alpha value is -2.92. The quantitative estimate of drug-likeness (QED) is 0.408. The van der Waals surface area contributed by atoms with E-state index in [1.165, 1.54) is 5.56 Å². The maximum Gasteiger partial charge on any atom is 0.277 e. The van der Waals surface area contributed by atoms with Crippen molar-refractivity contribution in [2.75, 3.05) is 6.61 Å². The standard InChI is InChI=1S/C23H21BrN2O2/c1-2-17-10-13-22(21(24)14-17)28-16-23(27)26-25-15-18-8-11-20(12-9-18)19-6-4-3-5-7-19/h3-15H,2,16H2,1H3,(H,26,27)/b25-15+. The minimum atomic E-state index is -0.316. The van der Waals surface area contributed by atoms with E-state index >= 15 is 0 Å². The molecule has 0 heterocycles. The first-order valence-electron chi connectivity index (χ1n) is 9.04. The van der Waals surface area contributed by atoms with Gasteiger partial charge in [0.25, 0.3) is 5.91 Å². The number of nitrogens with zero attached hydrogens (tertiary/aromatic N) is 1. The molecule has 0 aliphatic rings. The molecule has 0 fully saturated rings. The largest absolute Gasteiger partial charge is 0.483 e. The van der Waals surface area contributed by atoms with Crippen molar-refractivity contribution >= 4 is 28.1 Å². The third kappa shape index (κ3) is 5.54. The molecule has 0 aliphatic carbocycles. The number of carbonyl (C=O) groups is 1. The highest BCUT2D eigenvalue weighted by Gasteiger charge is 2.05. The number of amides is 1.